The van der Waals surface area contributed by atoms with Gasteiger partial charge in [-0.15, -0.1) is 0 Å². The van der Waals surface area contributed by atoms with Gasteiger partial charge in [-0.2, -0.15) is 0 Å². The summed E-state index contributed by atoms with van der Waals surface area (Å²) in [6, 6.07) is 1.46. The third-order valence-electron chi connectivity index (χ3n) is 4.88. The Morgan fingerprint density at radius 1 is 1.11 bits per heavy atom. The van der Waals surface area contributed by atoms with Crippen LogP contribution in [-0.2, 0) is 0 Å². The molecule has 2 bridgehead atoms. The Bertz CT molecular complexity index is 248. The van der Waals surface area contributed by atoms with E-state index in [1.807, 2.05) is 0 Å². The number of rotatable bonds is 8. The molecule has 3 aliphatic heterocycles. The van der Waals surface area contributed by atoms with Crippen LogP contribution in [0.4, 0.5) is 0 Å². The van der Waals surface area contributed by atoms with Crippen LogP contribution in [0.25, 0.3) is 0 Å². The molecular formula is C16H33N3. The first kappa shape index (κ1) is 15.3. The SMILES string of the molecule is CCCNC(CC(C)CCC)C1CN2CCN1CC2. The van der Waals surface area contributed by atoms with Crippen LogP contribution < -0.4 is 5.32 Å². The zero-order chi connectivity index (χ0) is 13.7. The fourth-order valence-corrected chi connectivity index (χ4v) is 3.79. The van der Waals surface area contributed by atoms with Gasteiger partial charge in [0.25, 0.3) is 0 Å². The van der Waals surface area contributed by atoms with Gasteiger partial charge >= 0.3 is 0 Å². The Labute approximate surface area is 119 Å². The van der Waals surface area contributed by atoms with Crippen molar-refractivity contribution in [2.24, 2.45) is 5.92 Å². The molecule has 3 atom stereocenters. The zero-order valence-electron chi connectivity index (χ0n) is 13.2. The number of nitrogens with one attached hydrogen (secondary N) is 1. The van der Waals surface area contributed by atoms with Crippen LogP contribution in [0.1, 0.15) is 46.5 Å². The monoisotopic (exact) mass is 267 g/mol. The Morgan fingerprint density at radius 3 is 2.37 bits per heavy atom. The van der Waals surface area contributed by atoms with E-state index < -0.39 is 0 Å². The van der Waals surface area contributed by atoms with Crippen LogP contribution in [0.15, 0.2) is 0 Å². The lowest BCUT2D eigenvalue weighted by molar-refractivity contribution is -0.00671. The normalized spacial score (nSPS) is 33.3. The van der Waals surface area contributed by atoms with Crippen molar-refractivity contribution in [2.75, 3.05) is 39.3 Å². The highest BCUT2D eigenvalue weighted by Crippen LogP contribution is 2.23. The summed E-state index contributed by atoms with van der Waals surface area (Å²) in [7, 11) is 0. The molecule has 3 nitrogen and oxygen atoms in total. The van der Waals surface area contributed by atoms with Gasteiger partial charge in [-0.1, -0.05) is 33.6 Å². The minimum atomic E-state index is 0.699. The summed E-state index contributed by atoms with van der Waals surface area (Å²) in [5, 5.41) is 3.84. The highest BCUT2D eigenvalue weighted by Gasteiger charge is 2.36. The highest BCUT2D eigenvalue weighted by molar-refractivity contribution is 4.95. The van der Waals surface area contributed by atoms with Gasteiger partial charge in [-0.3, -0.25) is 9.80 Å². The lowest BCUT2D eigenvalue weighted by atomic mass is 9.90. The lowest BCUT2D eigenvalue weighted by Gasteiger charge is -2.50. The fourth-order valence-electron chi connectivity index (χ4n) is 3.79. The van der Waals surface area contributed by atoms with Gasteiger partial charge < -0.3 is 5.32 Å². The first-order chi connectivity index (χ1) is 9.24. The maximum absolute atomic E-state index is 3.84. The Hall–Kier alpha value is -0.120. The first-order valence-corrected chi connectivity index (χ1v) is 8.44. The van der Waals surface area contributed by atoms with Gasteiger partial charge in [0.15, 0.2) is 0 Å². The van der Waals surface area contributed by atoms with Crippen LogP contribution in [0.2, 0.25) is 0 Å². The van der Waals surface area contributed by atoms with Crippen molar-refractivity contribution in [3.63, 3.8) is 0 Å². The topological polar surface area (TPSA) is 18.5 Å². The molecule has 0 amide bonds. The highest BCUT2D eigenvalue weighted by atomic mass is 15.4. The molecule has 0 aliphatic carbocycles. The number of hydrogen-bond donors (Lipinski definition) is 1. The van der Waals surface area contributed by atoms with Crippen molar-refractivity contribution in [2.45, 2.75) is 58.5 Å². The molecule has 3 unspecified atom stereocenters. The van der Waals surface area contributed by atoms with E-state index in [-0.39, 0.29) is 0 Å². The largest absolute Gasteiger partial charge is 0.312 e. The van der Waals surface area contributed by atoms with E-state index in [1.165, 1.54) is 65.0 Å². The van der Waals surface area contributed by atoms with Gasteiger partial charge in [-0.05, 0) is 25.3 Å². The van der Waals surface area contributed by atoms with E-state index in [9.17, 15) is 0 Å². The van der Waals surface area contributed by atoms with Gasteiger partial charge in [-0.25, -0.2) is 0 Å². The summed E-state index contributed by atoms with van der Waals surface area (Å²) in [5.74, 6) is 0.857. The summed E-state index contributed by atoms with van der Waals surface area (Å²) < 4.78 is 0. The molecule has 112 valence electrons. The summed E-state index contributed by atoms with van der Waals surface area (Å²) in [6.07, 6.45) is 5.29. The molecule has 0 spiro atoms. The van der Waals surface area contributed by atoms with Crippen LogP contribution >= 0.6 is 0 Å². The van der Waals surface area contributed by atoms with E-state index in [0.717, 1.165) is 12.0 Å². The maximum atomic E-state index is 3.84. The maximum Gasteiger partial charge on any atom is 0.0377 e. The summed E-state index contributed by atoms with van der Waals surface area (Å²) >= 11 is 0. The Balaban J connectivity index is 1.92. The Morgan fingerprint density at radius 2 is 1.84 bits per heavy atom. The van der Waals surface area contributed by atoms with E-state index in [2.05, 4.69) is 35.9 Å². The molecule has 3 heteroatoms. The minimum Gasteiger partial charge on any atom is -0.312 e. The molecule has 19 heavy (non-hydrogen) atoms. The summed E-state index contributed by atoms with van der Waals surface area (Å²) in [4.78, 5) is 5.40. The third kappa shape index (κ3) is 4.17. The van der Waals surface area contributed by atoms with Crippen molar-refractivity contribution in [3.8, 4) is 0 Å². The molecule has 3 fully saturated rings. The molecule has 1 N–H and O–H groups in total. The van der Waals surface area contributed by atoms with Crippen LogP contribution in [0, 0.1) is 5.92 Å². The number of piperazine rings is 3. The van der Waals surface area contributed by atoms with Gasteiger partial charge in [0.1, 0.15) is 0 Å². The van der Waals surface area contributed by atoms with Crippen molar-refractivity contribution in [1.29, 1.82) is 0 Å². The lowest BCUT2D eigenvalue weighted by Crippen LogP contribution is -2.66. The molecule has 0 aromatic carbocycles. The predicted octanol–water partition coefficient (Wildman–Crippen LogP) is 2.18. The molecule has 3 aliphatic rings. The minimum absolute atomic E-state index is 0.699. The molecule has 3 saturated heterocycles. The number of nitrogens with zero attached hydrogens (tertiary/aromatic N) is 2. The van der Waals surface area contributed by atoms with E-state index in [1.54, 1.807) is 0 Å². The van der Waals surface area contributed by atoms with Crippen LogP contribution in [0.3, 0.4) is 0 Å². The molecule has 3 rings (SSSR count). The Kier molecular flexibility index (Phi) is 6.11. The molecule has 3 heterocycles. The first-order valence-electron chi connectivity index (χ1n) is 8.44. The zero-order valence-corrected chi connectivity index (χ0v) is 13.2. The average molecular weight is 267 g/mol. The molecule has 0 radical (unpaired) electrons. The predicted molar refractivity (Wildman–Crippen MR) is 82.6 cm³/mol. The second kappa shape index (κ2) is 7.61. The van der Waals surface area contributed by atoms with E-state index in [0.29, 0.717) is 6.04 Å². The van der Waals surface area contributed by atoms with E-state index >= 15 is 0 Å². The summed E-state index contributed by atoms with van der Waals surface area (Å²) in [6.45, 7) is 14.6. The van der Waals surface area contributed by atoms with Crippen molar-refractivity contribution >= 4 is 0 Å². The fraction of sp³-hybridized carbons (Fsp3) is 1.00. The van der Waals surface area contributed by atoms with Crippen LogP contribution in [0.5, 0.6) is 0 Å². The second-order valence-electron chi connectivity index (χ2n) is 6.59. The van der Waals surface area contributed by atoms with Crippen molar-refractivity contribution in [3.05, 3.63) is 0 Å². The standard InChI is InChI=1S/C16H33N3/c1-4-6-14(3)12-15(17-7-5-2)16-13-18-8-10-19(16)11-9-18/h14-17H,4-13H2,1-3H3. The van der Waals surface area contributed by atoms with Crippen LogP contribution in [-0.4, -0.2) is 61.2 Å². The smallest absolute Gasteiger partial charge is 0.0377 e. The second-order valence-corrected chi connectivity index (χ2v) is 6.59. The molecule has 0 aromatic rings. The summed E-state index contributed by atoms with van der Waals surface area (Å²) in [5.41, 5.74) is 0. The number of fused-ring (bicyclic) bond motifs is 3. The van der Waals surface area contributed by atoms with Gasteiger partial charge in [0.05, 0.1) is 0 Å². The van der Waals surface area contributed by atoms with Gasteiger partial charge in [0, 0.05) is 44.8 Å². The average Bonchev–Trinajstić information content (AvgIpc) is 2.45. The van der Waals surface area contributed by atoms with E-state index in [4.69, 9.17) is 0 Å². The van der Waals surface area contributed by atoms with Crippen molar-refractivity contribution < 1.29 is 0 Å². The van der Waals surface area contributed by atoms with Crippen molar-refractivity contribution in [1.82, 2.24) is 15.1 Å². The molecule has 0 saturated carbocycles. The quantitative estimate of drug-likeness (QED) is 0.727. The molecular weight excluding hydrogens is 234 g/mol. The van der Waals surface area contributed by atoms with Gasteiger partial charge in [0.2, 0.25) is 0 Å². The molecule has 0 aromatic heterocycles. The number of hydrogen-bond acceptors (Lipinski definition) is 3. The third-order valence-corrected chi connectivity index (χ3v) is 4.88.